The van der Waals surface area contributed by atoms with Crippen LogP contribution in [0.5, 0.6) is 5.75 Å². The number of nitrogens with zero attached hydrogens (tertiary/aromatic N) is 1. The predicted molar refractivity (Wildman–Crippen MR) is 77.9 cm³/mol. The summed E-state index contributed by atoms with van der Waals surface area (Å²) in [5.74, 6) is -0.0165. The second-order valence-corrected chi connectivity index (χ2v) is 5.29. The summed E-state index contributed by atoms with van der Waals surface area (Å²) in [5.41, 5.74) is 5.81. The van der Waals surface area contributed by atoms with Crippen molar-refractivity contribution in [3.05, 3.63) is 24.0 Å². The molecule has 116 valence electrons. The van der Waals surface area contributed by atoms with Gasteiger partial charge in [-0.3, -0.25) is 4.79 Å². The lowest BCUT2D eigenvalue weighted by Crippen LogP contribution is -2.49. The maximum Gasteiger partial charge on any atom is 0.268 e. The molecule has 1 aromatic carbocycles. The third-order valence-electron chi connectivity index (χ3n) is 3.30. The number of fused-ring (bicyclic) bond motifs is 1. The summed E-state index contributed by atoms with van der Waals surface area (Å²) in [5, 5.41) is 0. The van der Waals surface area contributed by atoms with E-state index in [-0.39, 0.29) is 11.8 Å². The van der Waals surface area contributed by atoms with Crippen molar-refractivity contribution in [2.75, 3.05) is 31.2 Å². The molecule has 2 N–H and O–H groups in total. The smallest absolute Gasteiger partial charge is 0.268 e. The van der Waals surface area contributed by atoms with Gasteiger partial charge in [0.05, 0.1) is 18.9 Å². The minimum atomic E-state index is -0.558. The zero-order valence-electron chi connectivity index (χ0n) is 12.3. The molecule has 0 saturated carbocycles. The number of carbonyl (C=O) groups is 1. The molecule has 1 amide bonds. The van der Waals surface area contributed by atoms with E-state index < -0.39 is 11.9 Å². The first-order valence-electron chi connectivity index (χ1n) is 7.10. The fourth-order valence-electron chi connectivity index (χ4n) is 2.25. The average molecular weight is 296 g/mol. The molecule has 5 nitrogen and oxygen atoms in total. The van der Waals surface area contributed by atoms with E-state index in [1.165, 1.54) is 17.0 Å². The van der Waals surface area contributed by atoms with Crippen LogP contribution in [0.2, 0.25) is 0 Å². The standard InChI is InChI=1S/C15H21FN2O3/c1-10(2)14-15(19)18(6-8-20-7-5-17)12-9-11(16)3-4-13(12)21-14/h3-4,9-10,14H,5-8,17H2,1-2H3. The van der Waals surface area contributed by atoms with Gasteiger partial charge < -0.3 is 20.1 Å². The van der Waals surface area contributed by atoms with Crippen molar-refractivity contribution in [2.45, 2.75) is 20.0 Å². The minimum Gasteiger partial charge on any atom is -0.478 e. The zero-order chi connectivity index (χ0) is 15.4. The number of rotatable bonds is 6. The Morgan fingerprint density at radius 1 is 1.43 bits per heavy atom. The van der Waals surface area contributed by atoms with Crippen LogP contribution in [0.4, 0.5) is 10.1 Å². The first-order valence-corrected chi connectivity index (χ1v) is 7.10. The van der Waals surface area contributed by atoms with Gasteiger partial charge in [0.15, 0.2) is 6.10 Å². The van der Waals surface area contributed by atoms with E-state index in [0.29, 0.717) is 37.7 Å². The molecule has 1 heterocycles. The van der Waals surface area contributed by atoms with Gasteiger partial charge in [-0.05, 0) is 18.1 Å². The summed E-state index contributed by atoms with van der Waals surface area (Å²) in [6.07, 6.45) is -0.558. The van der Waals surface area contributed by atoms with Crippen LogP contribution >= 0.6 is 0 Å². The molecule has 0 saturated heterocycles. The number of ether oxygens (including phenoxy) is 2. The summed E-state index contributed by atoms with van der Waals surface area (Å²) in [6, 6.07) is 4.20. The molecule has 0 fully saturated rings. The van der Waals surface area contributed by atoms with E-state index in [9.17, 15) is 9.18 Å². The second-order valence-electron chi connectivity index (χ2n) is 5.29. The molecule has 1 aliphatic heterocycles. The Bertz CT molecular complexity index is 508. The Labute approximate surface area is 123 Å². The maximum atomic E-state index is 13.5. The summed E-state index contributed by atoms with van der Waals surface area (Å²) in [4.78, 5) is 14.0. The van der Waals surface area contributed by atoms with Gasteiger partial charge in [-0.1, -0.05) is 13.8 Å². The first-order chi connectivity index (χ1) is 10.0. The Morgan fingerprint density at radius 2 is 2.19 bits per heavy atom. The summed E-state index contributed by atoms with van der Waals surface area (Å²) in [7, 11) is 0. The van der Waals surface area contributed by atoms with Gasteiger partial charge >= 0.3 is 0 Å². The van der Waals surface area contributed by atoms with Crippen molar-refractivity contribution in [3.8, 4) is 5.75 Å². The number of halogens is 1. The largest absolute Gasteiger partial charge is 0.478 e. The normalized spacial score (nSPS) is 17.9. The molecule has 1 unspecified atom stereocenters. The van der Waals surface area contributed by atoms with Gasteiger partial charge in [0.25, 0.3) is 5.91 Å². The third-order valence-corrected chi connectivity index (χ3v) is 3.30. The van der Waals surface area contributed by atoms with Crippen LogP contribution in [0.3, 0.4) is 0 Å². The van der Waals surface area contributed by atoms with Crippen LogP contribution in [-0.4, -0.2) is 38.3 Å². The van der Waals surface area contributed by atoms with Crippen molar-refractivity contribution in [1.29, 1.82) is 0 Å². The lowest BCUT2D eigenvalue weighted by atomic mass is 10.0. The van der Waals surface area contributed by atoms with Gasteiger partial charge in [-0.2, -0.15) is 0 Å². The topological polar surface area (TPSA) is 64.8 Å². The maximum absolute atomic E-state index is 13.5. The average Bonchev–Trinajstić information content (AvgIpc) is 2.45. The molecule has 0 aromatic heterocycles. The number of nitrogens with two attached hydrogens (primary N) is 1. The number of hydrogen-bond donors (Lipinski definition) is 1. The summed E-state index contributed by atoms with van der Waals surface area (Å²) >= 11 is 0. The highest BCUT2D eigenvalue weighted by Gasteiger charge is 2.36. The fourth-order valence-corrected chi connectivity index (χ4v) is 2.25. The van der Waals surface area contributed by atoms with E-state index in [1.54, 1.807) is 6.07 Å². The van der Waals surface area contributed by atoms with Crippen molar-refractivity contribution < 1.29 is 18.7 Å². The van der Waals surface area contributed by atoms with Crippen LogP contribution in [0.1, 0.15) is 13.8 Å². The van der Waals surface area contributed by atoms with E-state index in [4.69, 9.17) is 15.2 Å². The number of benzene rings is 1. The Morgan fingerprint density at radius 3 is 2.86 bits per heavy atom. The lowest BCUT2D eigenvalue weighted by Gasteiger charge is -2.35. The predicted octanol–water partition coefficient (Wildman–Crippen LogP) is 1.55. The SMILES string of the molecule is CC(C)C1Oc2ccc(F)cc2N(CCOCCN)C1=O. The second kappa shape index (κ2) is 6.87. The van der Waals surface area contributed by atoms with Crippen LogP contribution in [0.15, 0.2) is 18.2 Å². The van der Waals surface area contributed by atoms with E-state index in [1.807, 2.05) is 13.8 Å². The molecule has 0 radical (unpaired) electrons. The molecule has 21 heavy (non-hydrogen) atoms. The minimum absolute atomic E-state index is 0.0307. The molecule has 1 aromatic rings. The summed E-state index contributed by atoms with van der Waals surface area (Å²) < 4.78 is 24.5. The highest BCUT2D eigenvalue weighted by atomic mass is 19.1. The van der Waals surface area contributed by atoms with Gasteiger partial charge in [0.1, 0.15) is 11.6 Å². The van der Waals surface area contributed by atoms with Crippen LogP contribution in [-0.2, 0) is 9.53 Å². The highest BCUT2D eigenvalue weighted by Crippen LogP contribution is 2.36. The van der Waals surface area contributed by atoms with E-state index >= 15 is 0 Å². The van der Waals surface area contributed by atoms with Crippen molar-refractivity contribution in [1.82, 2.24) is 0 Å². The molecule has 1 aliphatic rings. The lowest BCUT2D eigenvalue weighted by molar-refractivity contribution is -0.128. The van der Waals surface area contributed by atoms with Crippen LogP contribution in [0.25, 0.3) is 0 Å². The number of carbonyl (C=O) groups excluding carboxylic acids is 1. The van der Waals surface area contributed by atoms with Crippen molar-refractivity contribution in [2.24, 2.45) is 11.7 Å². The van der Waals surface area contributed by atoms with Crippen LogP contribution in [0, 0.1) is 11.7 Å². The van der Waals surface area contributed by atoms with Gasteiger partial charge in [-0.25, -0.2) is 4.39 Å². The zero-order valence-corrected chi connectivity index (χ0v) is 12.3. The Kier molecular flexibility index (Phi) is 5.14. The summed E-state index contributed by atoms with van der Waals surface area (Å²) in [6.45, 7) is 5.39. The number of anilines is 1. The fraction of sp³-hybridized carbons (Fsp3) is 0.533. The Balaban J connectivity index is 2.22. The van der Waals surface area contributed by atoms with Crippen molar-refractivity contribution in [3.63, 3.8) is 0 Å². The molecule has 6 heteroatoms. The van der Waals surface area contributed by atoms with E-state index in [0.717, 1.165) is 0 Å². The molecule has 1 atom stereocenters. The molecule has 0 aliphatic carbocycles. The first kappa shape index (κ1) is 15.7. The number of amides is 1. The van der Waals surface area contributed by atoms with Gasteiger partial charge in [0, 0.05) is 19.2 Å². The monoisotopic (exact) mass is 296 g/mol. The molecule has 0 spiro atoms. The molecular weight excluding hydrogens is 275 g/mol. The quantitative estimate of drug-likeness (QED) is 0.809. The third kappa shape index (κ3) is 3.51. The van der Waals surface area contributed by atoms with Crippen LogP contribution < -0.4 is 15.4 Å². The molecule has 2 rings (SSSR count). The Hall–Kier alpha value is -1.66. The molecular formula is C15H21FN2O3. The van der Waals surface area contributed by atoms with Gasteiger partial charge in [-0.15, -0.1) is 0 Å². The van der Waals surface area contributed by atoms with E-state index in [2.05, 4.69) is 0 Å². The van der Waals surface area contributed by atoms with Crippen molar-refractivity contribution >= 4 is 11.6 Å². The number of hydrogen-bond acceptors (Lipinski definition) is 4. The van der Waals surface area contributed by atoms with Gasteiger partial charge in [0.2, 0.25) is 0 Å². The highest BCUT2D eigenvalue weighted by molar-refractivity contribution is 6.00. The molecule has 0 bridgehead atoms.